The molecule has 22 heavy (non-hydrogen) atoms. The average Bonchev–Trinajstić information content (AvgIpc) is 2.92. The van der Waals surface area contributed by atoms with E-state index < -0.39 is 0 Å². The molecule has 0 spiro atoms. The molecule has 0 aliphatic carbocycles. The van der Waals surface area contributed by atoms with Gasteiger partial charge in [0.05, 0.1) is 12.3 Å². The molecule has 1 heterocycles. The van der Waals surface area contributed by atoms with Gasteiger partial charge < -0.3 is 9.74 Å². The van der Waals surface area contributed by atoms with Crippen molar-refractivity contribution in [1.29, 1.82) is 0 Å². The molecule has 2 rings (SSSR count). The highest BCUT2D eigenvalue weighted by molar-refractivity contribution is 6.01. The number of amides is 1. The molecule has 1 aromatic rings. The quantitative estimate of drug-likeness (QED) is 0.836. The Balaban J connectivity index is 1.90. The molecule has 1 atom stereocenters. The molecule has 0 fully saturated rings. The molecule has 1 aliphatic heterocycles. The number of nitrogens with zero attached hydrogens (tertiary/aromatic N) is 2. The van der Waals surface area contributed by atoms with Gasteiger partial charge >= 0.3 is 0 Å². The summed E-state index contributed by atoms with van der Waals surface area (Å²) in [6.45, 7) is 9.57. The van der Waals surface area contributed by atoms with E-state index in [1.165, 1.54) is 0 Å². The second-order valence-electron chi connectivity index (χ2n) is 7.01. The van der Waals surface area contributed by atoms with Gasteiger partial charge in [0.1, 0.15) is 0 Å². The second-order valence-corrected chi connectivity index (χ2v) is 7.01. The summed E-state index contributed by atoms with van der Waals surface area (Å²) in [6, 6.07) is 10.0. The molecule has 1 aliphatic rings. The molecule has 0 bridgehead atoms. The van der Waals surface area contributed by atoms with Crippen molar-refractivity contribution in [3.63, 3.8) is 0 Å². The van der Waals surface area contributed by atoms with Crippen molar-refractivity contribution in [3.8, 4) is 0 Å². The Morgan fingerprint density at radius 1 is 1.32 bits per heavy atom. The van der Waals surface area contributed by atoms with Gasteiger partial charge in [-0.3, -0.25) is 4.79 Å². The van der Waals surface area contributed by atoms with Crippen molar-refractivity contribution in [3.05, 3.63) is 35.9 Å². The standard InChI is InChI=1S/C18H26N2O2/c1-5-20(17(21)12-18(2,3)4)13-15-11-16(19-22-15)14-9-7-6-8-10-14/h6-10,15H,5,11-13H2,1-4H3. The number of hydrogen-bond donors (Lipinski definition) is 0. The molecule has 0 saturated carbocycles. The van der Waals surface area contributed by atoms with Crippen LogP contribution in [0.1, 0.15) is 46.1 Å². The Morgan fingerprint density at radius 3 is 2.59 bits per heavy atom. The molecular formula is C18H26N2O2. The van der Waals surface area contributed by atoms with Gasteiger partial charge in [-0.05, 0) is 17.9 Å². The lowest BCUT2D eigenvalue weighted by Gasteiger charge is -2.27. The predicted octanol–water partition coefficient (Wildman–Crippen LogP) is 3.46. The van der Waals surface area contributed by atoms with Crippen LogP contribution in [0.15, 0.2) is 35.5 Å². The van der Waals surface area contributed by atoms with E-state index in [-0.39, 0.29) is 17.4 Å². The highest BCUT2D eigenvalue weighted by Gasteiger charge is 2.27. The monoisotopic (exact) mass is 302 g/mol. The average molecular weight is 302 g/mol. The van der Waals surface area contributed by atoms with Gasteiger partial charge in [0, 0.05) is 19.4 Å². The van der Waals surface area contributed by atoms with Gasteiger partial charge in [0.15, 0.2) is 6.10 Å². The highest BCUT2D eigenvalue weighted by atomic mass is 16.6. The zero-order chi connectivity index (χ0) is 16.2. The van der Waals surface area contributed by atoms with Crippen LogP contribution in [-0.4, -0.2) is 35.7 Å². The number of carbonyl (C=O) groups excluding carboxylic acids is 1. The first-order chi connectivity index (χ1) is 10.4. The summed E-state index contributed by atoms with van der Waals surface area (Å²) in [4.78, 5) is 19.8. The Bertz CT molecular complexity index is 532. The molecule has 0 aromatic heterocycles. The zero-order valence-corrected chi connectivity index (χ0v) is 14.0. The van der Waals surface area contributed by atoms with Crippen molar-refractivity contribution in [1.82, 2.24) is 4.90 Å². The van der Waals surface area contributed by atoms with Gasteiger partial charge in [-0.1, -0.05) is 56.3 Å². The maximum absolute atomic E-state index is 12.4. The van der Waals surface area contributed by atoms with Gasteiger partial charge in [0.2, 0.25) is 5.91 Å². The van der Waals surface area contributed by atoms with Crippen LogP contribution in [-0.2, 0) is 9.63 Å². The third-order valence-corrected chi connectivity index (χ3v) is 3.68. The third kappa shape index (κ3) is 4.58. The van der Waals surface area contributed by atoms with Gasteiger partial charge in [-0.2, -0.15) is 0 Å². The van der Waals surface area contributed by atoms with E-state index in [0.717, 1.165) is 17.7 Å². The third-order valence-electron chi connectivity index (χ3n) is 3.68. The Kier molecular flexibility index (Phi) is 5.22. The van der Waals surface area contributed by atoms with Crippen LogP contribution in [0.2, 0.25) is 0 Å². The molecule has 1 unspecified atom stereocenters. The largest absolute Gasteiger partial charge is 0.390 e. The molecular weight excluding hydrogens is 276 g/mol. The molecule has 1 amide bonds. The van der Waals surface area contributed by atoms with E-state index >= 15 is 0 Å². The molecule has 0 N–H and O–H groups in total. The molecule has 4 heteroatoms. The summed E-state index contributed by atoms with van der Waals surface area (Å²) in [5.74, 6) is 0.187. The second kappa shape index (κ2) is 6.95. The molecule has 0 radical (unpaired) electrons. The van der Waals surface area contributed by atoms with Gasteiger partial charge in [-0.15, -0.1) is 0 Å². The lowest BCUT2D eigenvalue weighted by molar-refractivity contribution is -0.134. The highest BCUT2D eigenvalue weighted by Crippen LogP contribution is 2.22. The maximum Gasteiger partial charge on any atom is 0.223 e. The van der Waals surface area contributed by atoms with E-state index in [1.54, 1.807) is 0 Å². The van der Waals surface area contributed by atoms with Crippen LogP contribution >= 0.6 is 0 Å². The Hall–Kier alpha value is -1.84. The summed E-state index contributed by atoms with van der Waals surface area (Å²) < 4.78 is 0. The van der Waals surface area contributed by atoms with Crippen molar-refractivity contribution in [2.24, 2.45) is 10.6 Å². The number of oxime groups is 1. The number of rotatable bonds is 5. The van der Waals surface area contributed by atoms with E-state index in [2.05, 4.69) is 25.9 Å². The van der Waals surface area contributed by atoms with Crippen LogP contribution in [0.25, 0.3) is 0 Å². The molecule has 4 nitrogen and oxygen atoms in total. The van der Waals surface area contributed by atoms with E-state index in [1.807, 2.05) is 42.2 Å². The van der Waals surface area contributed by atoms with Crippen molar-refractivity contribution in [2.45, 2.75) is 46.6 Å². The minimum atomic E-state index is -0.0425. The molecule has 0 saturated heterocycles. The number of benzene rings is 1. The minimum Gasteiger partial charge on any atom is -0.390 e. The predicted molar refractivity (Wildman–Crippen MR) is 88.8 cm³/mol. The van der Waals surface area contributed by atoms with Crippen LogP contribution in [0.4, 0.5) is 0 Å². The maximum atomic E-state index is 12.4. The van der Waals surface area contributed by atoms with Crippen molar-refractivity contribution >= 4 is 11.6 Å². The lowest BCUT2D eigenvalue weighted by atomic mass is 9.91. The van der Waals surface area contributed by atoms with Gasteiger partial charge in [0.25, 0.3) is 0 Å². The molecule has 120 valence electrons. The summed E-state index contributed by atoms with van der Waals surface area (Å²) >= 11 is 0. The normalized spacial score (nSPS) is 17.8. The summed E-state index contributed by atoms with van der Waals surface area (Å²) in [5, 5.41) is 4.19. The first-order valence-electron chi connectivity index (χ1n) is 7.95. The lowest BCUT2D eigenvalue weighted by Crippen LogP contribution is -2.39. The number of likely N-dealkylation sites (N-methyl/N-ethyl adjacent to an activating group) is 1. The smallest absolute Gasteiger partial charge is 0.223 e. The fourth-order valence-electron chi connectivity index (χ4n) is 2.55. The first kappa shape index (κ1) is 16.5. The fourth-order valence-corrected chi connectivity index (χ4v) is 2.55. The van der Waals surface area contributed by atoms with Crippen molar-refractivity contribution in [2.75, 3.05) is 13.1 Å². The van der Waals surface area contributed by atoms with Crippen LogP contribution in [0.3, 0.4) is 0 Å². The SMILES string of the molecule is CCN(CC1CC(c2ccccc2)=NO1)C(=O)CC(C)(C)C. The summed E-state index contributed by atoms with van der Waals surface area (Å²) in [6.07, 6.45) is 1.27. The fraction of sp³-hybridized carbons (Fsp3) is 0.556. The van der Waals surface area contributed by atoms with Crippen LogP contribution < -0.4 is 0 Å². The Labute approximate surface area is 133 Å². The van der Waals surface area contributed by atoms with Crippen LogP contribution in [0, 0.1) is 5.41 Å². The van der Waals surface area contributed by atoms with E-state index in [0.29, 0.717) is 19.5 Å². The van der Waals surface area contributed by atoms with Crippen LogP contribution in [0.5, 0.6) is 0 Å². The number of hydrogen-bond acceptors (Lipinski definition) is 3. The Morgan fingerprint density at radius 2 is 2.00 bits per heavy atom. The summed E-state index contributed by atoms with van der Waals surface area (Å²) in [7, 11) is 0. The minimum absolute atomic E-state index is 0.00668. The van der Waals surface area contributed by atoms with Crippen molar-refractivity contribution < 1.29 is 9.63 Å². The number of carbonyl (C=O) groups is 1. The zero-order valence-electron chi connectivity index (χ0n) is 14.0. The van der Waals surface area contributed by atoms with Gasteiger partial charge in [-0.25, -0.2) is 0 Å². The summed E-state index contributed by atoms with van der Waals surface area (Å²) in [5.41, 5.74) is 2.06. The molecule has 1 aromatic carbocycles. The topological polar surface area (TPSA) is 41.9 Å². The first-order valence-corrected chi connectivity index (χ1v) is 7.95. The van der Waals surface area contributed by atoms with E-state index in [4.69, 9.17) is 4.84 Å². The van der Waals surface area contributed by atoms with E-state index in [9.17, 15) is 4.79 Å².